The van der Waals surface area contributed by atoms with Crippen LogP contribution in [-0.4, -0.2) is 56.6 Å². The first-order valence-electron chi connectivity index (χ1n) is 9.53. The summed E-state index contributed by atoms with van der Waals surface area (Å²) in [6.45, 7) is 4.12. The Bertz CT molecular complexity index is 900. The molecule has 0 bridgehead atoms. The maximum Gasteiger partial charge on any atom is 0.260 e. The largest absolute Gasteiger partial charge is 0.493 e. The third-order valence-corrected chi connectivity index (χ3v) is 4.74. The van der Waals surface area contributed by atoms with Crippen molar-refractivity contribution in [3.8, 4) is 11.5 Å². The standard InChI is InChI=1S/C23H25NO5/c1-17-5-3-4-6-19(17)20(25)9-7-18-8-10-21(22(15-18)27-2)29-16-23(26)24-11-13-28-14-12-24/h3-10,15H,11-14,16H2,1-2H3/b9-7+. The highest BCUT2D eigenvalue weighted by Crippen LogP contribution is 2.28. The van der Waals surface area contributed by atoms with E-state index in [1.807, 2.05) is 37.3 Å². The molecule has 3 rings (SSSR count). The molecular formula is C23H25NO5. The fraction of sp³-hybridized carbons (Fsp3) is 0.304. The number of rotatable bonds is 7. The molecule has 6 nitrogen and oxygen atoms in total. The number of nitrogens with zero attached hydrogens (tertiary/aromatic N) is 1. The molecule has 0 N–H and O–H groups in total. The van der Waals surface area contributed by atoms with Crippen LogP contribution in [0.5, 0.6) is 11.5 Å². The minimum Gasteiger partial charge on any atom is -0.493 e. The number of morpholine rings is 1. The molecular weight excluding hydrogens is 370 g/mol. The van der Waals surface area contributed by atoms with E-state index in [-0.39, 0.29) is 18.3 Å². The van der Waals surface area contributed by atoms with Gasteiger partial charge in [-0.1, -0.05) is 36.4 Å². The zero-order valence-electron chi connectivity index (χ0n) is 16.7. The van der Waals surface area contributed by atoms with Gasteiger partial charge in [-0.05, 0) is 36.3 Å². The maximum atomic E-state index is 12.4. The molecule has 0 atom stereocenters. The first-order valence-corrected chi connectivity index (χ1v) is 9.53. The summed E-state index contributed by atoms with van der Waals surface area (Å²) in [6.07, 6.45) is 3.28. The summed E-state index contributed by atoms with van der Waals surface area (Å²) in [5, 5.41) is 0. The zero-order chi connectivity index (χ0) is 20.6. The number of hydrogen-bond donors (Lipinski definition) is 0. The maximum absolute atomic E-state index is 12.4. The van der Waals surface area contributed by atoms with Gasteiger partial charge in [-0.3, -0.25) is 9.59 Å². The normalized spacial score (nSPS) is 14.1. The monoisotopic (exact) mass is 395 g/mol. The molecule has 0 unspecified atom stereocenters. The van der Waals surface area contributed by atoms with Gasteiger partial charge in [-0.2, -0.15) is 0 Å². The molecule has 1 fully saturated rings. The molecule has 2 aromatic rings. The van der Waals surface area contributed by atoms with Crippen LogP contribution in [0.25, 0.3) is 6.08 Å². The van der Waals surface area contributed by atoms with Gasteiger partial charge in [0.05, 0.1) is 20.3 Å². The van der Waals surface area contributed by atoms with E-state index in [1.165, 1.54) is 7.11 Å². The summed E-state index contributed by atoms with van der Waals surface area (Å²) < 4.78 is 16.3. The Morgan fingerprint density at radius 2 is 1.86 bits per heavy atom. The molecule has 6 heteroatoms. The van der Waals surface area contributed by atoms with E-state index < -0.39 is 0 Å². The first kappa shape index (κ1) is 20.6. The van der Waals surface area contributed by atoms with Crippen LogP contribution in [-0.2, 0) is 9.53 Å². The molecule has 0 radical (unpaired) electrons. The van der Waals surface area contributed by atoms with Crippen molar-refractivity contribution in [3.05, 3.63) is 65.2 Å². The topological polar surface area (TPSA) is 65.1 Å². The Morgan fingerprint density at radius 1 is 1.10 bits per heavy atom. The number of carbonyl (C=O) groups is 2. The molecule has 152 valence electrons. The van der Waals surface area contributed by atoms with Crippen molar-refractivity contribution < 1.29 is 23.8 Å². The average Bonchev–Trinajstić information content (AvgIpc) is 2.77. The predicted molar refractivity (Wildman–Crippen MR) is 110 cm³/mol. The van der Waals surface area contributed by atoms with Crippen molar-refractivity contribution in [2.24, 2.45) is 0 Å². The summed E-state index contributed by atoms with van der Waals surface area (Å²) >= 11 is 0. The highest BCUT2D eigenvalue weighted by Gasteiger charge is 2.18. The lowest BCUT2D eigenvalue weighted by Crippen LogP contribution is -2.43. The Labute approximate surface area is 170 Å². The number of aryl methyl sites for hydroxylation is 1. The summed E-state index contributed by atoms with van der Waals surface area (Å²) in [5.74, 6) is 0.850. The molecule has 2 aromatic carbocycles. The molecule has 1 saturated heterocycles. The van der Waals surface area contributed by atoms with Crippen LogP contribution in [0.15, 0.2) is 48.5 Å². The summed E-state index contributed by atoms with van der Waals surface area (Å²) in [5.41, 5.74) is 2.42. The second kappa shape index (κ2) is 9.89. The quantitative estimate of drug-likeness (QED) is 0.532. The lowest BCUT2D eigenvalue weighted by Gasteiger charge is -2.26. The Hall–Kier alpha value is -3.12. The van der Waals surface area contributed by atoms with Crippen LogP contribution in [0.3, 0.4) is 0 Å². The van der Waals surface area contributed by atoms with Crippen molar-refractivity contribution in [3.63, 3.8) is 0 Å². The molecule has 1 amide bonds. The highest BCUT2D eigenvalue weighted by molar-refractivity contribution is 6.07. The summed E-state index contributed by atoms with van der Waals surface area (Å²) in [7, 11) is 1.54. The van der Waals surface area contributed by atoms with E-state index in [2.05, 4.69) is 0 Å². The van der Waals surface area contributed by atoms with Crippen molar-refractivity contribution in [1.29, 1.82) is 0 Å². The van der Waals surface area contributed by atoms with Crippen molar-refractivity contribution in [2.45, 2.75) is 6.92 Å². The van der Waals surface area contributed by atoms with Crippen LogP contribution < -0.4 is 9.47 Å². The second-order valence-electron chi connectivity index (χ2n) is 6.70. The molecule has 29 heavy (non-hydrogen) atoms. The number of benzene rings is 2. The Balaban J connectivity index is 1.64. The minimum atomic E-state index is -0.0804. The van der Waals surface area contributed by atoms with Crippen LogP contribution in [0.4, 0.5) is 0 Å². The van der Waals surface area contributed by atoms with E-state index in [1.54, 1.807) is 29.2 Å². The van der Waals surface area contributed by atoms with E-state index in [9.17, 15) is 9.59 Å². The smallest absolute Gasteiger partial charge is 0.260 e. The molecule has 0 aromatic heterocycles. The summed E-state index contributed by atoms with van der Waals surface area (Å²) in [4.78, 5) is 26.4. The third-order valence-electron chi connectivity index (χ3n) is 4.74. The van der Waals surface area contributed by atoms with Crippen LogP contribution >= 0.6 is 0 Å². The number of allylic oxidation sites excluding steroid dienone is 1. The van der Waals surface area contributed by atoms with Crippen molar-refractivity contribution in [2.75, 3.05) is 40.0 Å². The number of hydrogen-bond acceptors (Lipinski definition) is 5. The van der Waals surface area contributed by atoms with Crippen LogP contribution in [0.2, 0.25) is 0 Å². The number of amides is 1. The second-order valence-corrected chi connectivity index (χ2v) is 6.70. The van der Waals surface area contributed by atoms with Gasteiger partial charge >= 0.3 is 0 Å². The molecule has 1 heterocycles. The van der Waals surface area contributed by atoms with Gasteiger partial charge in [0.25, 0.3) is 5.91 Å². The van der Waals surface area contributed by atoms with Gasteiger partial charge in [0.1, 0.15) is 0 Å². The van der Waals surface area contributed by atoms with Gasteiger partial charge in [-0.15, -0.1) is 0 Å². The number of ether oxygens (including phenoxy) is 3. The molecule has 1 aliphatic heterocycles. The first-order chi connectivity index (χ1) is 14.1. The number of methoxy groups -OCH3 is 1. The number of ketones is 1. The SMILES string of the molecule is COc1cc(/C=C/C(=O)c2ccccc2C)ccc1OCC(=O)N1CCOCC1. The van der Waals surface area contributed by atoms with Crippen LogP contribution in [0, 0.1) is 6.92 Å². The molecule has 0 spiro atoms. The van der Waals surface area contributed by atoms with Gasteiger partial charge in [0, 0.05) is 18.7 Å². The van der Waals surface area contributed by atoms with E-state index >= 15 is 0 Å². The van der Waals surface area contributed by atoms with E-state index in [4.69, 9.17) is 14.2 Å². The van der Waals surface area contributed by atoms with Crippen LogP contribution in [0.1, 0.15) is 21.5 Å². The van der Waals surface area contributed by atoms with Crippen molar-refractivity contribution in [1.82, 2.24) is 4.90 Å². The fourth-order valence-corrected chi connectivity index (χ4v) is 3.06. The van der Waals surface area contributed by atoms with E-state index in [0.717, 1.165) is 11.1 Å². The van der Waals surface area contributed by atoms with Crippen molar-refractivity contribution >= 4 is 17.8 Å². The third kappa shape index (κ3) is 5.45. The molecule has 0 saturated carbocycles. The lowest BCUT2D eigenvalue weighted by molar-refractivity contribution is -0.137. The fourth-order valence-electron chi connectivity index (χ4n) is 3.06. The lowest BCUT2D eigenvalue weighted by atomic mass is 10.0. The Kier molecular flexibility index (Phi) is 7.03. The minimum absolute atomic E-state index is 0.0569. The summed E-state index contributed by atoms with van der Waals surface area (Å²) in [6, 6.07) is 12.8. The van der Waals surface area contributed by atoms with Gasteiger partial charge in [0.15, 0.2) is 23.9 Å². The van der Waals surface area contributed by atoms with Gasteiger partial charge in [0.2, 0.25) is 0 Å². The average molecular weight is 395 g/mol. The molecule has 0 aliphatic carbocycles. The number of carbonyl (C=O) groups excluding carboxylic acids is 2. The Morgan fingerprint density at radius 3 is 2.59 bits per heavy atom. The van der Waals surface area contributed by atoms with E-state index in [0.29, 0.717) is 43.4 Å². The molecule has 1 aliphatic rings. The van der Waals surface area contributed by atoms with Gasteiger partial charge < -0.3 is 19.1 Å². The highest BCUT2D eigenvalue weighted by atomic mass is 16.5. The zero-order valence-corrected chi connectivity index (χ0v) is 16.7. The van der Waals surface area contributed by atoms with Gasteiger partial charge in [-0.25, -0.2) is 0 Å². The predicted octanol–water partition coefficient (Wildman–Crippen LogP) is 3.14.